The van der Waals surface area contributed by atoms with Gasteiger partial charge in [0, 0.05) is 17.7 Å². The van der Waals surface area contributed by atoms with Crippen LogP contribution in [-0.2, 0) is 9.59 Å². The number of halogens is 1. The topological polar surface area (TPSA) is 106 Å². The molecular formula is C21H16ClN3O5. The average Bonchev–Trinajstić information content (AvgIpc) is 3.32. The van der Waals surface area contributed by atoms with Crippen molar-refractivity contribution in [1.82, 2.24) is 5.01 Å². The number of nitrogens with zero attached hydrogens (tertiary/aromatic N) is 3. The summed E-state index contributed by atoms with van der Waals surface area (Å²) in [6.07, 6.45) is 7.25. The Morgan fingerprint density at radius 1 is 1.10 bits per heavy atom. The van der Waals surface area contributed by atoms with Crippen molar-refractivity contribution >= 4 is 35.3 Å². The van der Waals surface area contributed by atoms with Crippen LogP contribution in [0.1, 0.15) is 18.6 Å². The molecule has 2 heterocycles. The van der Waals surface area contributed by atoms with E-state index in [0.29, 0.717) is 22.1 Å². The van der Waals surface area contributed by atoms with E-state index in [1.165, 1.54) is 24.4 Å². The number of non-ortho nitro benzene ring substituents is 1. The highest BCUT2D eigenvalue weighted by molar-refractivity contribution is 6.33. The smallest absolute Gasteiger partial charge is 0.270 e. The van der Waals surface area contributed by atoms with Crippen LogP contribution >= 0.6 is 11.6 Å². The minimum absolute atomic E-state index is 0.0999. The van der Waals surface area contributed by atoms with Gasteiger partial charge in [0.2, 0.25) is 0 Å². The maximum Gasteiger partial charge on any atom is 0.270 e. The Balaban J connectivity index is 1.39. The fraction of sp³-hybridized carbons (Fsp3) is 0.286. The number of benzene rings is 1. The number of fused-ring (bicyclic) bond motifs is 1. The Kier molecular flexibility index (Phi) is 4.32. The van der Waals surface area contributed by atoms with Gasteiger partial charge in [0.15, 0.2) is 0 Å². The molecule has 2 aromatic rings. The second-order valence-electron chi connectivity index (χ2n) is 7.70. The molecule has 0 spiro atoms. The normalized spacial score (nSPS) is 27.3. The summed E-state index contributed by atoms with van der Waals surface area (Å²) in [5.41, 5.74) is 0.257. The summed E-state index contributed by atoms with van der Waals surface area (Å²) in [4.78, 5) is 36.0. The lowest BCUT2D eigenvalue weighted by Crippen LogP contribution is -2.38. The predicted molar refractivity (Wildman–Crippen MR) is 108 cm³/mol. The molecule has 30 heavy (non-hydrogen) atoms. The molecule has 4 atom stereocenters. The highest BCUT2D eigenvalue weighted by Gasteiger charge is 2.56. The molecule has 2 bridgehead atoms. The Labute approximate surface area is 175 Å². The summed E-state index contributed by atoms with van der Waals surface area (Å²) >= 11 is 6.15. The predicted octanol–water partition coefficient (Wildman–Crippen LogP) is 4.04. The number of rotatable bonds is 4. The molecule has 1 aliphatic heterocycles. The van der Waals surface area contributed by atoms with Gasteiger partial charge in [-0.05, 0) is 42.9 Å². The Hall–Kier alpha value is -3.26. The third-order valence-corrected chi connectivity index (χ3v) is 6.42. The summed E-state index contributed by atoms with van der Waals surface area (Å²) in [6.45, 7) is 0. The van der Waals surface area contributed by atoms with E-state index >= 15 is 0 Å². The summed E-state index contributed by atoms with van der Waals surface area (Å²) in [5, 5.41) is 16.4. The van der Waals surface area contributed by atoms with Crippen LogP contribution in [-0.4, -0.2) is 28.0 Å². The quantitative estimate of drug-likeness (QED) is 0.241. The first-order chi connectivity index (χ1) is 14.4. The summed E-state index contributed by atoms with van der Waals surface area (Å²) in [6, 6.07) is 7.25. The maximum atomic E-state index is 12.8. The first kappa shape index (κ1) is 18.7. The van der Waals surface area contributed by atoms with E-state index in [1.54, 1.807) is 12.1 Å². The molecule has 0 unspecified atom stereocenters. The average molecular weight is 426 g/mol. The zero-order valence-electron chi connectivity index (χ0n) is 15.6. The number of amides is 2. The third kappa shape index (κ3) is 2.87. The number of nitro groups is 1. The number of hydrazone groups is 1. The number of carbonyl (C=O) groups is 2. The lowest BCUT2D eigenvalue weighted by Gasteiger charge is -2.37. The molecule has 1 saturated carbocycles. The molecule has 4 aliphatic rings. The van der Waals surface area contributed by atoms with Crippen LogP contribution in [0.25, 0.3) is 11.3 Å². The van der Waals surface area contributed by atoms with Gasteiger partial charge in [-0.15, -0.1) is 0 Å². The molecule has 152 valence electrons. The second kappa shape index (κ2) is 6.91. The van der Waals surface area contributed by atoms with Gasteiger partial charge < -0.3 is 4.42 Å². The first-order valence-corrected chi connectivity index (χ1v) is 9.96. The van der Waals surface area contributed by atoms with Crippen molar-refractivity contribution in [3.8, 4) is 11.3 Å². The van der Waals surface area contributed by atoms with E-state index in [2.05, 4.69) is 17.3 Å². The Morgan fingerprint density at radius 2 is 1.77 bits per heavy atom. The SMILES string of the molecule is O=C1[C@H]2[C@H](C(=O)N1/N=C\c1ccc(-c3cc([N+](=O)[O-])ccc3Cl)o1)[C@@H]1C=C[C@@H]2CC1. The largest absolute Gasteiger partial charge is 0.455 e. The molecule has 0 radical (unpaired) electrons. The standard InChI is InChI=1S/C21H16ClN3O5/c22-16-7-5-13(25(28)29)9-15(16)17-8-6-14(30-17)10-23-24-20(26)18-11-1-2-12(4-3-11)19(18)21(24)27/h1-2,5-12,18-19H,3-4H2/b23-10-/t11-,12-,18-,19-/m1/s1. The molecule has 1 saturated heterocycles. The van der Waals surface area contributed by atoms with Gasteiger partial charge in [-0.3, -0.25) is 19.7 Å². The molecule has 9 heteroatoms. The fourth-order valence-corrected chi connectivity index (χ4v) is 4.88. The summed E-state index contributed by atoms with van der Waals surface area (Å²) in [7, 11) is 0. The highest BCUT2D eigenvalue weighted by atomic mass is 35.5. The number of furan rings is 1. The van der Waals surface area contributed by atoms with Gasteiger partial charge in [-0.2, -0.15) is 10.1 Å². The number of allylic oxidation sites excluding steroid dienone is 2. The molecule has 3 aliphatic carbocycles. The van der Waals surface area contributed by atoms with Crippen molar-refractivity contribution in [3.05, 3.63) is 63.4 Å². The molecule has 2 amide bonds. The van der Waals surface area contributed by atoms with Gasteiger partial charge in [-0.25, -0.2) is 0 Å². The van der Waals surface area contributed by atoms with Crippen LogP contribution < -0.4 is 0 Å². The van der Waals surface area contributed by atoms with E-state index in [-0.39, 0.29) is 41.2 Å². The lowest BCUT2D eigenvalue weighted by molar-refractivity contribution is -0.384. The lowest BCUT2D eigenvalue weighted by atomic mass is 9.63. The Bertz CT molecular complexity index is 1110. The van der Waals surface area contributed by atoms with E-state index in [9.17, 15) is 19.7 Å². The van der Waals surface area contributed by atoms with E-state index in [1.807, 2.05) is 0 Å². The van der Waals surface area contributed by atoms with Crippen molar-refractivity contribution in [2.24, 2.45) is 28.8 Å². The van der Waals surface area contributed by atoms with Crippen LogP contribution in [0.4, 0.5) is 5.69 Å². The minimum atomic E-state index is -0.517. The summed E-state index contributed by atoms with van der Waals surface area (Å²) in [5.74, 6) is -0.374. The van der Waals surface area contributed by atoms with Crippen molar-refractivity contribution in [2.45, 2.75) is 12.8 Å². The van der Waals surface area contributed by atoms with Crippen LogP contribution in [0.3, 0.4) is 0 Å². The highest BCUT2D eigenvalue weighted by Crippen LogP contribution is 2.49. The fourth-order valence-electron chi connectivity index (χ4n) is 4.67. The zero-order valence-corrected chi connectivity index (χ0v) is 16.4. The van der Waals surface area contributed by atoms with Crippen LogP contribution in [0.15, 0.2) is 52.0 Å². The Morgan fingerprint density at radius 3 is 2.37 bits per heavy atom. The van der Waals surface area contributed by atoms with Crippen molar-refractivity contribution in [3.63, 3.8) is 0 Å². The summed E-state index contributed by atoms with van der Waals surface area (Å²) < 4.78 is 5.67. The zero-order chi connectivity index (χ0) is 21.0. The van der Waals surface area contributed by atoms with Gasteiger partial charge in [-0.1, -0.05) is 23.8 Å². The number of carbonyl (C=O) groups excluding carboxylic acids is 2. The maximum absolute atomic E-state index is 12.8. The molecule has 8 nitrogen and oxygen atoms in total. The second-order valence-corrected chi connectivity index (χ2v) is 8.10. The van der Waals surface area contributed by atoms with Gasteiger partial charge in [0.1, 0.15) is 11.5 Å². The van der Waals surface area contributed by atoms with Crippen molar-refractivity contribution in [2.75, 3.05) is 0 Å². The van der Waals surface area contributed by atoms with Crippen molar-refractivity contribution < 1.29 is 18.9 Å². The molecule has 1 aromatic carbocycles. The number of nitro benzene ring substituents is 1. The first-order valence-electron chi connectivity index (χ1n) is 9.58. The number of imide groups is 1. The number of hydrogen-bond donors (Lipinski definition) is 0. The van der Waals surface area contributed by atoms with E-state index < -0.39 is 4.92 Å². The van der Waals surface area contributed by atoms with Crippen LogP contribution in [0.5, 0.6) is 0 Å². The van der Waals surface area contributed by atoms with Crippen molar-refractivity contribution in [1.29, 1.82) is 0 Å². The molecule has 0 N–H and O–H groups in total. The van der Waals surface area contributed by atoms with Gasteiger partial charge in [0.25, 0.3) is 17.5 Å². The monoisotopic (exact) mass is 425 g/mol. The van der Waals surface area contributed by atoms with Crippen LogP contribution in [0.2, 0.25) is 5.02 Å². The number of hydrogen-bond acceptors (Lipinski definition) is 6. The molecule has 6 rings (SSSR count). The minimum Gasteiger partial charge on any atom is -0.455 e. The third-order valence-electron chi connectivity index (χ3n) is 6.09. The van der Waals surface area contributed by atoms with E-state index in [4.69, 9.17) is 16.0 Å². The molecular weight excluding hydrogens is 410 g/mol. The molecule has 2 fully saturated rings. The van der Waals surface area contributed by atoms with E-state index in [0.717, 1.165) is 17.9 Å². The van der Waals surface area contributed by atoms with Gasteiger partial charge in [0.05, 0.1) is 28.0 Å². The molecule has 1 aromatic heterocycles. The van der Waals surface area contributed by atoms with Gasteiger partial charge >= 0.3 is 0 Å². The van der Waals surface area contributed by atoms with Crippen LogP contribution in [0, 0.1) is 33.8 Å².